The molecule has 1 N–H and O–H groups in total. The van der Waals surface area contributed by atoms with Gasteiger partial charge in [-0.1, -0.05) is 29.8 Å². The van der Waals surface area contributed by atoms with Crippen LogP contribution in [0.4, 0.5) is 14.5 Å². The number of nitrogens with one attached hydrogen (secondary N) is 1. The molecular weight excluding hydrogens is 364 g/mol. The number of carbonyl (C=O) groups is 1. The predicted molar refractivity (Wildman–Crippen MR) is 94.3 cm³/mol. The Morgan fingerprint density at radius 3 is 2.65 bits per heavy atom. The zero-order valence-corrected chi connectivity index (χ0v) is 14.4. The molecule has 0 saturated heterocycles. The summed E-state index contributed by atoms with van der Waals surface area (Å²) in [5.74, 6) is -0.881. The Bertz CT molecular complexity index is 929. The topological polar surface area (TPSA) is 56.1 Å². The zero-order chi connectivity index (χ0) is 18.7. The standard InChI is InChI=1S/C18H14ClF2N3O2/c1-11-15(10-22-24(11)13-5-3-2-4-6-13)23-17(25)14-9-12(19)7-8-16(14)26-18(20)21/h2-10,18H,1H3,(H,23,25). The number of hydrogen-bond donors (Lipinski definition) is 1. The van der Waals surface area contributed by atoms with Gasteiger partial charge in [0, 0.05) is 5.02 Å². The van der Waals surface area contributed by atoms with Crippen molar-refractivity contribution in [2.24, 2.45) is 0 Å². The lowest BCUT2D eigenvalue weighted by Crippen LogP contribution is -2.15. The molecule has 0 radical (unpaired) electrons. The van der Waals surface area contributed by atoms with Crippen molar-refractivity contribution in [2.75, 3.05) is 5.32 Å². The molecule has 0 unspecified atom stereocenters. The van der Waals surface area contributed by atoms with Crippen molar-refractivity contribution in [2.45, 2.75) is 13.5 Å². The SMILES string of the molecule is Cc1c(NC(=O)c2cc(Cl)ccc2OC(F)F)cnn1-c1ccccc1. The van der Waals surface area contributed by atoms with Crippen molar-refractivity contribution >= 4 is 23.2 Å². The molecular formula is C18H14ClF2N3O2. The van der Waals surface area contributed by atoms with Crippen LogP contribution in [0.1, 0.15) is 16.1 Å². The van der Waals surface area contributed by atoms with E-state index in [2.05, 4.69) is 15.2 Å². The highest BCUT2D eigenvalue weighted by Crippen LogP contribution is 2.26. The third-order valence-electron chi connectivity index (χ3n) is 3.66. The van der Waals surface area contributed by atoms with Crippen LogP contribution in [0, 0.1) is 6.92 Å². The number of nitrogens with zero attached hydrogens (tertiary/aromatic N) is 2. The minimum absolute atomic E-state index is 0.0929. The van der Waals surface area contributed by atoms with Crippen LogP contribution >= 0.6 is 11.6 Å². The average Bonchev–Trinajstić information content (AvgIpc) is 2.97. The molecule has 1 heterocycles. The smallest absolute Gasteiger partial charge is 0.387 e. The number of carbonyl (C=O) groups excluding carboxylic acids is 1. The first kappa shape index (κ1) is 17.9. The van der Waals surface area contributed by atoms with Gasteiger partial charge in [-0.15, -0.1) is 0 Å². The molecule has 0 fully saturated rings. The molecule has 5 nitrogen and oxygen atoms in total. The number of aromatic nitrogens is 2. The van der Waals surface area contributed by atoms with Gasteiger partial charge in [-0.05, 0) is 37.3 Å². The molecule has 134 valence electrons. The number of amides is 1. The minimum atomic E-state index is -3.05. The number of hydrogen-bond acceptors (Lipinski definition) is 3. The lowest BCUT2D eigenvalue weighted by molar-refractivity contribution is -0.0501. The molecule has 0 aliphatic rings. The van der Waals surface area contributed by atoms with E-state index in [4.69, 9.17) is 11.6 Å². The number of benzene rings is 2. The van der Waals surface area contributed by atoms with Gasteiger partial charge in [-0.3, -0.25) is 4.79 Å². The van der Waals surface area contributed by atoms with Crippen molar-refractivity contribution in [3.8, 4) is 11.4 Å². The Kier molecular flexibility index (Phi) is 5.18. The molecule has 0 bridgehead atoms. The number of ether oxygens (including phenoxy) is 1. The van der Waals surface area contributed by atoms with Crippen molar-refractivity contribution in [1.82, 2.24) is 9.78 Å². The number of rotatable bonds is 5. The first-order valence-electron chi connectivity index (χ1n) is 7.61. The summed E-state index contributed by atoms with van der Waals surface area (Å²) >= 11 is 5.88. The Morgan fingerprint density at radius 1 is 1.23 bits per heavy atom. The summed E-state index contributed by atoms with van der Waals surface area (Å²) in [7, 11) is 0. The van der Waals surface area contributed by atoms with Crippen molar-refractivity contribution in [1.29, 1.82) is 0 Å². The maximum atomic E-state index is 12.5. The van der Waals surface area contributed by atoms with Gasteiger partial charge < -0.3 is 10.1 Å². The van der Waals surface area contributed by atoms with Gasteiger partial charge in [0.25, 0.3) is 5.91 Å². The van der Waals surface area contributed by atoms with Crippen LogP contribution in [-0.4, -0.2) is 22.3 Å². The van der Waals surface area contributed by atoms with Crippen LogP contribution in [0.25, 0.3) is 5.69 Å². The normalized spacial score (nSPS) is 10.8. The highest BCUT2D eigenvalue weighted by atomic mass is 35.5. The average molecular weight is 378 g/mol. The summed E-state index contributed by atoms with van der Waals surface area (Å²) in [6.45, 7) is -1.27. The van der Waals surface area contributed by atoms with Gasteiger partial charge in [0.05, 0.1) is 28.8 Å². The molecule has 1 aromatic heterocycles. The van der Waals surface area contributed by atoms with Gasteiger partial charge in [0.15, 0.2) is 0 Å². The number of alkyl halides is 2. The number of halogens is 3. The second kappa shape index (κ2) is 7.53. The van der Waals surface area contributed by atoms with E-state index in [9.17, 15) is 13.6 Å². The van der Waals surface area contributed by atoms with Crippen LogP contribution in [0.2, 0.25) is 5.02 Å². The van der Waals surface area contributed by atoms with Gasteiger partial charge in [0.1, 0.15) is 5.75 Å². The fourth-order valence-electron chi connectivity index (χ4n) is 2.43. The van der Waals surface area contributed by atoms with Crippen LogP contribution in [-0.2, 0) is 0 Å². The molecule has 2 aromatic carbocycles. The van der Waals surface area contributed by atoms with Crippen LogP contribution in [0.3, 0.4) is 0 Å². The first-order chi connectivity index (χ1) is 12.5. The Balaban J connectivity index is 1.88. The fourth-order valence-corrected chi connectivity index (χ4v) is 2.60. The van der Waals surface area contributed by atoms with E-state index in [1.165, 1.54) is 24.4 Å². The molecule has 0 spiro atoms. The molecule has 3 rings (SSSR count). The molecule has 1 amide bonds. The predicted octanol–water partition coefficient (Wildman–Crippen LogP) is 4.69. The van der Waals surface area contributed by atoms with E-state index in [1.807, 2.05) is 30.3 Å². The highest BCUT2D eigenvalue weighted by Gasteiger charge is 2.18. The molecule has 26 heavy (non-hydrogen) atoms. The second-order valence-electron chi connectivity index (χ2n) is 5.36. The molecule has 0 saturated carbocycles. The van der Waals surface area contributed by atoms with Gasteiger partial charge >= 0.3 is 6.61 Å². The molecule has 8 heteroatoms. The van der Waals surface area contributed by atoms with Crippen molar-refractivity contribution < 1.29 is 18.3 Å². The number of anilines is 1. The third-order valence-corrected chi connectivity index (χ3v) is 3.90. The monoisotopic (exact) mass is 377 g/mol. The van der Waals surface area contributed by atoms with E-state index in [0.717, 1.165) is 5.69 Å². The maximum Gasteiger partial charge on any atom is 0.387 e. The van der Waals surface area contributed by atoms with E-state index < -0.39 is 12.5 Å². The fraction of sp³-hybridized carbons (Fsp3) is 0.111. The Labute approximate surface area is 153 Å². The summed E-state index contributed by atoms with van der Waals surface area (Å²) in [5.41, 5.74) is 1.87. The Morgan fingerprint density at radius 2 is 1.96 bits per heavy atom. The lowest BCUT2D eigenvalue weighted by Gasteiger charge is -2.11. The van der Waals surface area contributed by atoms with Crippen LogP contribution < -0.4 is 10.1 Å². The summed E-state index contributed by atoms with van der Waals surface area (Å²) in [5, 5.41) is 7.13. The zero-order valence-electron chi connectivity index (χ0n) is 13.6. The second-order valence-corrected chi connectivity index (χ2v) is 5.80. The van der Waals surface area contributed by atoms with E-state index in [0.29, 0.717) is 11.4 Å². The molecule has 3 aromatic rings. The van der Waals surface area contributed by atoms with Gasteiger partial charge in [0.2, 0.25) is 0 Å². The number of para-hydroxylation sites is 1. The first-order valence-corrected chi connectivity index (χ1v) is 7.99. The van der Waals surface area contributed by atoms with E-state index in [1.54, 1.807) is 11.6 Å². The van der Waals surface area contributed by atoms with Crippen LogP contribution in [0.15, 0.2) is 54.7 Å². The third kappa shape index (κ3) is 3.83. The molecule has 0 aliphatic heterocycles. The summed E-state index contributed by atoms with van der Waals surface area (Å²) in [6, 6.07) is 13.2. The van der Waals surface area contributed by atoms with Crippen LogP contribution in [0.5, 0.6) is 5.75 Å². The maximum absolute atomic E-state index is 12.5. The summed E-state index contributed by atoms with van der Waals surface area (Å²) < 4.78 is 31.1. The van der Waals surface area contributed by atoms with E-state index >= 15 is 0 Å². The largest absolute Gasteiger partial charge is 0.434 e. The lowest BCUT2D eigenvalue weighted by atomic mass is 10.2. The van der Waals surface area contributed by atoms with Gasteiger partial charge in [-0.2, -0.15) is 13.9 Å². The molecule has 0 atom stereocenters. The summed E-state index contributed by atoms with van der Waals surface area (Å²) in [4.78, 5) is 12.5. The highest BCUT2D eigenvalue weighted by molar-refractivity contribution is 6.31. The van der Waals surface area contributed by atoms with Gasteiger partial charge in [-0.25, -0.2) is 4.68 Å². The van der Waals surface area contributed by atoms with Crippen molar-refractivity contribution in [3.63, 3.8) is 0 Å². The van der Waals surface area contributed by atoms with E-state index in [-0.39, 0.29) is 16.3 Å². The summed E-state index contributed by atoms with van der Waals surface area (Å²) in [6.07, 6.45) is 1.48. The molecule has 0 aliphatic carbocycles. The quantitative estimate of drug-likeness (QED) is 0.702. The van der Waals surface area contributed by atoms with Crippen molar-refractivity contribution in [3.05, 3.63) is 71.0 Å². The Hall–Kier alpha value is -2.93. The minimum Gasteiger partial charge on any atom is -0.434 e.